The molecule has 0 saturated carbocycles. The van der Waals surface area contributed by atoms with E-state index in [1.165, 1.54) is 12.0 Å². The van der Waals surface area contributed by atoms with Crippen LogP contribution in [0.25, 0.3) is 0 Å². The fourth-order valence-corrected chi connectivity index (χ4v) is 2.86. The molecule has 2 heterocycles. The highest BCUT2D eigenvalue weighted by Crippen LogP contribution is 2.48. The van der Waals surface area contributed by atoms with Gasteiger partial charge >= 0.3 is 0 Å². The van der Waals surface area contributed by atoms with Crippen molar-refractivity contribution in [2.24, 2.45) is 5.92 Å². The monoisotopic (exact) mass is 203 g/mol. The molecule has 80 valence electrons. The van der Waals surface area contributed by atoms with Crippen LogP contribution < -0.4 is 0 Å². The topological polar surface area (TPSA) is 12.5 Å². The normalized spacial score (nSPS) is 37.1. The molecule has 2 nitrogen and oxygen atoms in total. The molecule has 0 radical (unpaired) electrons. The summed E-state index contributed by atoms with van der Waals surface area (Å²) >= 11 is 0. The Morgan fingerprint density at radius 3 is 2.53 bits per heavy atom. The molecule has 2 aliphatic heterocycles. The molecule has 1 aromatic rings. The quantitative estimate of drug-likeness (QED) is 0.696. The summed E-state index contributed by atoms with van der Waals surface area (Å²) in [6.45, 7) is 5.61. The van der Waals surface area contributed by atoms with E-state index < -0.39 is 0 Å². The minimum Gasteiger partial charge on any atom is -0.290 e. The molecule has 2 saturated heterocycles. The molecular weight excluding hydrogens is 186 g/mol. The molecule has 2 aliphatic rings. The lowest BCUT2D eigenvalue weighted by molar-refractivity contribution is -0.217. The van der Waals surface area contributed by atoms with E-state index in [2.05, 4.69) is 49.2 Å². The van der Waals surface area contributed by atoms with Gasteiger partial charge in [-0.3, -0.25) is 4.84 Å². The molecule has 2 heteroatoms. The Hall–Kier alpha value is -0.860. The van der Waals surface area contributed by atoms with Gasteiger partial charge in [0, 0.05) is 18.0 Å². The average molecular weight is 203 g/mol. The Bertz CT molecular complexity index is 360. The van der Waals surface area contributed by atoms with E-state index in [1.54, 1.807) is 0 Å². The third kappa shape index (κ3) is 1.40. The molecule has 0 amide bonds. The molecule has 1 aromatic carbocycles. The van der Waals surface area contributed by atoms with Gasteiger partial charge in [0.1, 0.15) is 6.10 Å². The number of fused-ring (bicyclic) bond motifs is 2. The molecule has 2 bridgehead atoms. The lowest BCUT2D eigenvalue weighted by Gasteiger charge is -2.35. The summed E-state index contributed by atoms with van der Waals surface area (Å²) in [6.07, 6.45) is 1.53. The zero-order chi connectivity index (χ0) is 10.5. The highest BCUT2D eigenvalue weighted by molar-refractivity contribution is 5.20. The van der Waals surface area contributed by atoms with E-state index in [0.29, 0.717) is 12.0 Å². The maximum atomic E-state index is 6.00. The molecule has 15 heavy (non-hydrogen) atoms. The van der Waals surface area contributed by atoms with E-state index in [1.807, 2.05) is 0 Å². The number of rotatable bonds is 1. The predicted octanol–water partition coefficient (Wildman–Crippen LogP) is 2.77. The van der Waals surface area contributed by atoms with Gasteiger partial charge in [-0.1, -0.05) is 30.3 Å². The standard InChI is InChI=1S/C13H17NO/c1-13(2)8-11-9-14(13)15-12(11)10-6-4-3-5-7-10/h3-7,11-12H,8-9H2,1-2H3. The van der Waals surface area contributed by atoms with Crippen LogP contribution in [0.2, 0.25) is 0 Å². The number of benzene rings is 1. The molecule has 0 spiro atoms. The summed E-state index contributed by atoms with van der Waals surface area (Å²) in [5.41, 5.74) is 1.55. The van der Waals surface area contributed by atoms with Crippen LogP contribution >= 0.6 is 0 Å². The highest BCUT2D eigenvalue weighted by Gasteiger charge is 2.50. The molecule has 0 aliphatic carbocycles. The van der Waals surface area contributed by atoms with Crippen LogP contribution in [0.4, 0.5) is 0 Å². The van der Waals surface area contributed by atoms with Gasteiger partial charge in [-0.25, -0.2) is 0 Å². The summed E-state index contributed by atoms with van der Waals surface area (Å²) in [5, 5.41) is 2.16. The van der Waals surface area contributed by atoms with Crippen LogP contribution in [-0.4, -0.2) is 17.1 Å². The maximum Gasteiger partial charge on any atom is 0.108 e. The summed E-state index contributed by atoms with van der Waals surface area (Å²) in [5.74, 6) is 0.669. The van der Waals surface area contributed by atoms with Crippen LogP contribution in [0.3, 0.4) is 0 Å². The summed E-state index contributed by atoms with van der Waals surface area (Å²) in [6, 6.07) is 10.6. The van der Waals surface area contributed by atoms with Crippen LogP contribution in [0, 0.1) is 5.92 Å². The molecular formula is C13H17NO. The lowest BCUT2D eigenvalue weighted by Crippen LogP contribution is -2.39. The van der Waals surface area contributed by atoms with Crippen LogP contribution in [0.1, 0.15) is 31.9 Å². The Balaban J connectivity index is 1.84. The van der Waals surface area contributed by atoms with Gasteiger partial charge in [-0.15, -0.1) is 0 Å². The zero-order valence-corrected chi connectivity index (χ0v) is 9.31. The smallest absolute Gasteiger partial charge is 0.108 e. The van der Waals surface area contributed by atoms with Crippen molar-refractivity contribution in [1.29, 1.82) is 0 Å². The fraction of sp³-hybridized carbons (Fsp3) is 0.538. The van der Waals surface area contributed by atoms with Gasteiger partial charge in [0.2, 0.25) is 0 Å². The second-order valence-corrected chi connectivity index (χ2v) is 5.27. The minimum atomic E-state index is 0.232. The van der Waals surface area contributed by atoms with Crippen molar-refractivity contribution in [3.05, 3.63) is 35.9 Å². The van der Waals surface area contributed by atoms with Crippen molar-refractivity contribution < 1.29 is 4.84 Å². The fourth-order valence-electron chi connectivity index (χ4n) is 2.86. The summed E-state index contributed by atoms with van der Waals surface area (Å²) < 4.78 is 0. The Morgan fingerprint density at radius 2 is 2.00 bits per heavy atom. The van der Waals surface area contributed by atoms with Crippen molar-refractivity contribution in [1.82, 2.24) is 5.06 Å². The van der Waals surface area contributed by atoms with Gasteiger partial charge in [0.05, 0.1) is 0 Å². The van der Waals surface area contributed by atoms with Crippen molar-refractivity contribution in [2.75, 3.05) is 6.54 Å². The molecule has 0 aromatic heterocycles. The minimum absolute atomic E-state index is 0.232. The van der Waals surface area contributed by atoms with Gasteiger partial charge in [0.15, 0.2) is 0 Å². The van der Waals surface area contributed by atoms with Crippen molar-refractivity contribution in [2.45, 2.75) is 31.9 Å². The lowest BCUT2D eigenvalue weighted by atomic mass is 9.89. The van der Waals surface area contributed by atoms with Crippen LogP contribution in [0.5, 0.6) is 0 Å². The SMILES string of the molecule is CC1(C)CC2CN1OC2c1ccccc1. The molecule has 0 N–H and O–H groups in total. The first-order valence-corrected chi connectivity index (χ1v) is 5.66. The zero-order valence-electron chi connectivity index (χ0n) is 9.31. The number of hydrogen-bond donors (Lipinski definition) is 0. The number of nitrogens with zero attached hydrogens (tertiary/aromatic N) is 1. The maximum absolute atomic E-state index is 6.00. The van der Waals surface area contributed by atoms with E-state index in [4.69, 9.17) is 4.84 Å². The first-order valence-electron chi connectivity index (χ1n) is 5.66. The van der Waals surface area contributed by atoms with Crippen LogP contribution in [-0.2, 0) is 4.84 Å². The van der Waals surface area contributed by atoms with E-state index in [-0.39, 0.29) is 5.54 Å². The molecule has 2 fully saturated rings. The second-order valence-electron chi connectivity index (χ2n) is 5.27. The average Bonchev–Trinajstić information content (AvgIpc) is 2.74. The first kappa shape index (κ1) is 9.37. The third-order valence-electron chi connectivity index (χ3n) is 3.63. The van der Waals surface area contributed by atoms with E-state index in [0.717, 1.165) is 6.54 Å². The number of hydroxylamine groups is 2. The summed E-state index contributed by atoms with van der Waals surface area (Å²) in [7, 11) is 0. The van der Waals surface area contributed by atoms with Gasteiger partial charge in [-0.2, -0.15) is 5.06 Å². The van der Waals surface area contributed by atoms with E-state index in [9.17, 15) is 0 Å². The Kier molecular flexibility index (Phi) is 1.91. The first-order chi connectivity index (χ1) is 7.17. The van der Waals surface area contributed by atoms with Gasteiger partial charge in [0.25, 0.3) is 0 Å². The van der Waals surface area contributed by atoms with Crippen molar-refractivity contribution >= 4 is 0 Å². The van der Waals surface area contributed by atoms with E-state index >= 15 is 0 Å². The predicted molar refractivity (Wildman–Crippen MR) is 59.2 cm³/mol. The highest BCUT2D eigenvalue weighted by atomic mass is 16.7. The Labute approximate surface area is 90.8 Å². The van der Waals surface area contributed by atoms with Crippen molar-refractivity contribution in [3.8, 4) is 0 Å². The van der Waals surface area contributed by atoms with Crippen LogP contribution in [0.15, 0.2) is 30.3 Å². The third-order valence-corrected chi connectivity index (χ3v) is 3.63. The van der Waals surface area contributed by atoms with Gasteiger partial charge in [-0.05, 0) is 25.8 Å². The van der Waals surface area contributed by atoms with Gasteiger partial charge < -0.3 is 0 Å². The van der Waals surface area contributed by atoms with Crippen molar-refractivity contribution in [3.63, 3.8) is 0 Å². The largest absolute Gasteiger partial charge is 0.290 e. The number of hydrogen-bond acceptors (Lipinski definition) is 2. The molecule has 3 unspecified atom stereocenters. The second kappa shape index (κ2) is 3.06. The summed E-state index contributed by atoms with van der Waals surface area (Å²) in [4.78, 5) is 6.00. The Morgan fingerprint density at radius 1 is 1.27 bits per heavy atom. The molecule has 3 rings (SSSR count). The molecule has 3 atom stereocenters.